The third kappa shape index (κ3) is 3.79. The van der Waals surface area contributed by atoms with Crippen LogP contribution in [0.3, 0.4) is 0 Å². The van der Waals surface area contributed by atoms with Gasteiger partial charge < -0.3 is 14.8 Å². The van der Waals surface area contributed by atoms with Crippen molar-refractivity contribution in [3.05, 3.63) is 59.8 Å². The molecule has 1 aromatic heterocycles. The van der Waals surface area contributed by atoms with E-state index in [1.807, 2.05) is 24.3 Å². The van der Waals surface area contributed by atoms with E-state index in [0.717, 1.165) is 11.3 Å². The average Bonchev–Trinajstić information content (AvgIpc) is 3.07. The molecule has 0 aliphatic carbocycles. The number of aromatic nitrogens is 1. The van der Waals surface area contributed by atoms with Crippen molar-refractivity contribution in [3.8, 4) is 11.5 Å². The van der Waals surface area contributed by atoms with E-state index in [-0.39, 0.29) is 11.8 Å². The quantitative estimate of drug-likeness (QED) is 0.727. The molecule has 0 saturated heterocycles. The maximum absolute atomic E-state index is 12.7. The summed E-state index contributed by atoms with van der Waals surface area (Å²) >= 11 is 0. The van der Waals surface area contributed by atoms with Gasteiger partial charge in [0.15, 0.2) is 0 Å². The molecule has 0 spiro atoms. The zero-order chi connectivity index (χ0) is 19.4. The molecule has 1 N–H and O–H groups in total. The molecule has 0 aliphatic heterocycles. The van der Waals surface area contributed by atoms with Crippen LogP contribution in [0.5, 0.6) is 11.5 Å². The number of nitrogens with zero attached hydrogens (tertiary/aromatic N) is 1. The minimum atomic E-state index is -0.233. The van der Waals surface area contributed by atoms with E-state index >= 15 is 0 Å². The van der Waals surface area contributed by atoms with E-state index in [1.54, 1.807) is 38.6 Å². The molecule has 0 unspecified atom stereocenters. The molecule has 6 nitrogen and oxygen atoms in total. The van der Waals surface area contributed by atoms with Gasteiger partial charge in [-0.25, -0.2) is 0 Å². The second-order valence-electron chi connectivity index (χ2n) is 6.13. The number of nitrogens with one attached hydrogen (secondary N) is 1. The fourth-order valence-corrected chi connectivity index (χ4v) is 3.09. The van der Waals surface area contributed by atoms with Gasteiger partial charge in [-0.2, -0.15) is 0 Å². The number of hydrogen-bond donors (Lipinski definition) is 1. The van der Waals surface area contributed by atoms with Gasteiger partial charge in [0, 0.05) is 25.1 Å². The summed E-state index contributed by atoms with van der Waals surface area (Å²) < 4.78 is 12.1. The van der Waals surface area contributed by atoms with Crippen LogP contribution >= 0.6 is 0 Å². The minimum Gasteiger partial charge on any atom is -0.497 e. The van der Waals surface area contributed by atoms with E-state index in [4.69, 9.17) is 9.47 Å². The largest absolute Gasteiger partial charge is 0.497 e. The van der Waals surface area contributed by atoms with Gasteiger partial charge in [0.1, 0.15) is 11.5 Å². The van der Waals surface area contributed by atoms with Gasteiger partial charge in [-0.1, -0.05) is 18.2 Å². The normalized spacial score (nSPS) is 10.6. The standard InChI is InChI=1S/C21H22N2O4/c1-14(24)23-13-18(17-12-16(26-2)8-9-19(17)23)21(25)22-11-10-15-6-4-5-7-20(15)27-3/h4-9,12-13H,10-11H2,1-3H3,(H,22,25). The summed E-state index contributed by atoms with van der Waals surface area (Å²) in [4.78, 5) is 24.6. The molecule has 0 aliphatic rings. The summed E-state index contributed by atoms with van der Waals surface area (Å²) in [6, 6.07) is 13.0. The first kappa shape index (κ1) is 18.5. The Morgan fingerprint density at radius 3 is 2.56 bits per heavy atom. The van der Waals surface area contributed by atoms with Crippen LogP contribution in [0.4, 0.5) is 0 Å². The lowest BCUT2D eigenvalue weighted by Gasteiger charge is -2.09. The number of para-hydroxylation sites is 1. The molecule has 1 amide bonds. The molecular formula is C21H22N2O4. The molecular weight excluding hydrogens is 344 g/mol. The van der Waals surface area contributed by atoms with Crippen LogP contribution in [0.1, 0.15) is 27.6 Å². The summed E-state index contributed by atoms with van der Waals surface area (Å²) in [5.41, 5.74) is 2.14. The number of ether oxygens (including phenoxy) is 2. The highest BCUT2D eigenvalue weighted by Crippen LogP contribution is 2.26. The van der Waals surface area contributed by atoms with Crippen LogP contribution in [-0.4, -0.2) is 37.1 Å². The van der Waals surface area contributed by atoms with Gasteiger partial charge in [-0.05, 0) is 36.2 Å². The van der Waals surface area contributed by atoms with E-state index in [1.165, 1.54) is 11.5 Å². The Hall–Kier alpha value is -3.28. The predicted octanol–water partition coefficient (Wildman–Crippen LogP) is 3.29. The summed E-state index contributed by atoms with van der Waals surface area (Å²) in [6.07, 6.45) is 2.22. The van der Waals surface area contributed by atoms with Gasteiger partial charge in [0.05, 0.1) is 25.3 Å². The van der Waals surface area contributed by atoms with E-state index in [9.17, 15) is 9.59 Å². The smallest absolute Gasteiger partial charge is 0.253 e. The third-order valence-electron chi connectivity index (χ3n) is 4.47. The van der Waals surface area contributed by atoms with Crippen molar-refractivity contribution in [2.24, 2.45) is 0 Å². The van der Waals surface area contributed by atoms with Crippen LogP contribution in [0.2, 0.25) is 0 Å². The number of rotatable bonds is 6. The van der Waals surface area contributed by atoms with Crippen molar-refractivity contribution >= 4 is 22.7 Å². The molecule has 3 rings (SSSR count). The van der Waals surface area contributed by atoms with Gasteiger partial charge in [0.2, 0.25) is 5.91 Å². The number of carbonyl (C=O) groups excluding carboxylic acids is 2. The van der Waals surface area contributed by atoms with Crippen molar-refractivity contribution in [2.45, 2.75) is 13.3 Å². The molecule has 1 heterocycles. The van der Waals surface area contributed by atoms with Gasteiger partial charge in [-0.3, -0.25) is 14.2 Å². The Bertz CT molecular complexity index is 991. The highest BCUT2D eigenvalue weighted by Gasteiger charge is 2.17. The number of fused-ring (bicyclic) bond motifs is 1. The van der Waals surface area contributed by atoms with Crippen LogP contribution < -0.4 is 14.8 Å². The van der Waals surface area contributed by atoms with Crippen molar-refractivity contribution < 1.29 is 19.1 Å². The van der Waals surface area contributed by atoms with E-state index < -0.39 is 0 Å². The lowest BCUT2D eigenvalue weighted by molar-refractivity contribution is 0.0941. The molecule has 6 heteroatoms. The summed E-state index contributed by atoms with van der Waals surface area (Å²) in [5, 5.41) is 3.60. The number of methoxy groups -OCH3 is 2. The second-order valence-corrected chi connectivity index (χ2v) is 6.13. The first-order valence-electron chi connectivity index (χ1n) is 8.65. The fourth-order valence-electron chi connectivity index (χ4n) is 3.09. The molecule has 2 aromatic carbocycles. The van der Waals surface area contributed by atoms with Crippen LogP contribution in [-0.2, 0) is 6.42 Å². The molecule has 3 aromatic rings. The minimum absolute atomic E-state index is 0.154. The summed E-state index contributed by atoms with van der Waals surface area (Å²) in [5.74, 6) is 1.04. The Morgan fingerprint density at radius 2 is 1.85 bits per heavy atom. The van der Waals surface area contributed by atoms with E-state index in [0.29, 0.717) is 35.2 Å². The Morgan fingerprint density at radius 1 is 1.07 bits per heavy atom. The maximum Gasteiger partial charge on any atom is 0.253 e. The number of carbonyl (C=O) groups is 2. The molecule has 0 atom stereocenters. The Balaban J connectivity index is 1.81. The number of benzene rings is 2. The number of hydrogen-bond acceptors (Lipinski definition) is 4. The predicted molar refractivity (Wildman–Crippen MR) is 104 cm³/mol. The molecule has 0 radical (unpaired) electrons. The van der Waals surface area contributed by atoms with Crippen LogP contribution in [0.15, 0.2) is 48.7 Å². The molecule has 27 heavy (non-hydrogen) atoms. The molecule has 0 bridgehead atoms. The van der Waals surface area contributed by atoms with Gasteiger partial charge >= 0.3 is 0 Å². The molecule has 140 valence electrons. The van der Waals surface area contributed by atoms with Gasteiger partial charge in [0.25, 0.3) is 5.91 Å². The van der Waals surface area contributed by atoms with Crippen molar-refractivity contribution in [3.63, 3.8) is 0 Å². The van der Waals surface area contributed by atoms with Gasteiger partial charge in [-0.15, -0.1) is 0 Å². The van der Waals surface area contributed by atoms with Crippen LogP contribution in [0, 0.1) is 0 Å². The highest BCUT2D eigenvalue weighted by molar-refractivity contribution is 6.09. The zero-order valence-electron chi connectivity index (χ0n) is 15.6. The SMILES string of the molecule is COc1ccc2c(c1)c(C(=O)NCCc1ccccc1OC)cn2C(C)=O. The van der Waals surface area contributed by atoms with Crippen LogP contribution in [0.25, 0.3) is 10.9 Å². The van der Waals surface area contributed by atoms with E-state index in [2.05, 4.69) is 5.32 Å². The fraction of sp³-hybridized carbons (Fsp3) is 0.238. The van der Waals surface area contributed by atoms with Crippen molar-refractivity contribution in [1.82, 2.24) is 9.88 Å². The van der Waals surface area contributed by atoms with Crippen molar-refractivity contribution in [1.29, 1.82) is 0 Å². The lowest BCUT2D eigenvalue weighted by Crippen LogP contribution is -2.25. The second kappa shape index (κ2) is 7.95. The first-order chi connectivity index (χ1) is 13.0. The first-order valence-corrected chi connectivity index (χ1v) is 8.65. The third-order valence-corrected chi connectivity index (χ3v) is 4.47. The average molecular weight is 366 g/mol. The number of amides is 1. The Labute approximate surface area is 157 Å². The summed E-state index contributed by atoms with van der Waals surface area (Å²) in [7, 11) is 3.19. The summed E-state index contributed by atoms with van der Waals surface area (Å²) in [6.45, 7) is 1.92. The monoisotopic (exact) mass is 366 g/mol. The molecule has 0 fully saturated rings. The zero-order valence-corrected chi connectivity index (χ0v) is 15.6. The Kier molecular flexibility index (Phi) is 5.45. The topological polar surface area (TPSA) is 69.6 Å². The molecule has 0 saturated carbocycles. The lowest BCUT2D eigenvalue weighted by atomic mass is 10.1. The maximum atomic E-state index is 12.7. The highest BCUT2D eigenvalue weighted by atomic mass is 16.5. The van der Waals surface area contributed by atoms with Crippen molar-refractivity contribution in [2.75, 3.05) is 20.8 Å².